The van der Waals surface area contributed by atoms with E-state index in [2.05, 4.69) is 5.32 Å². The van der Waals surface area contributed by atoms with Crippen LogP contribution < -0.4 is 10.2 Å². The van der Waals surface area contributed by atoms with Crippen molar-refractivity contribution in [3.63, 3.8) is 0 Å². The number of urea groups is 1. The molecule has 0 radical (unpaired) electrons. The van der Waals surface area contributed by atoms with Crippen LogP contribution in [-0.2, 0) is 14.3 Å². The number of benzene rings is 2. The Morgan fingerprint density at radius 2 is 1.69 bits per heavy atom. The standard InChI is InChI=1S/C24H23N3O5/c1-14(2)32-23(29)20-15(3)27(19-11-5-16(13-25)6-12-19)24(30)26-21(20)17-7-9-18(10-8-17)22(28)31-4/h5-12,14,21H,1-4H3,(H,26,30)/t21-/m1/s1. The molecular weight excluding hydrogens is 410 g/mol. The molecule has 1 aliphatic heterocycles. The summed E-state index contributed by atoms with van der Waals surface area (Å²) in [5.74, 6) is -1.04. The topological polar surface area (TPSA) is 109 Å². The molecule has 164 valence electrons. The van der Waals surface area contributed by atoms with E-state index in [4.69, 9.17) is 14.7 Å². The molecule has 2 aromatic rings. The first kappa shape index (κ1) is 22.6. The van der Waals surface area contributed by atoms with E-state index in [0.717, 1.165) is 0 Å². The van der Waals surface area contributed by atoms with Gasteiger partial charge in [0.25, 0.3) is 0 Å². The first-order valence-corrected chi connectivity index (χ1v) is 9.97. The Kier molecular flexibility index (Phi) is 6.59. The van der Waals surface area contributed by atoms with Gasteiger partial charge in [-0.1, -0.05) is 12.1 Å². The number of nitrogens with zero attached hydrogens (tertiary/aromatic N) is 2. The van der Waals surface area contributed by atoms with E-state index in [-0.39, 0.29) is 11.7 Å². The van der Waals surface area contributed by atoms with Crippen LogP contribution in [0.25, 0.3) is 0 Å². The lowest BCUT2D eigenvalue weighted by Crippen LogP contribution is -2.48. The Labute approximate surface area is 186 Å². The second-order valence-corrected chi connectivity index (χ2v) is 7.44. The third-order valence-corrected chi connectivity index (χ3v) is 4.97. The van der Waals surface area contributed by atoms with Gasteiger partial charge in [-0.05, 0) is 62.7 Å². The number of amides is 2. The van der Waals surface area contributed by atoms with E-state index in [1.807, 2.05) is 6.07 Å². The van der Waals surface area contributed by atoms with E-state index in [1.54, 1.807) is 69.3 Å². The molecule has 1 N–H and O–H groups in total. The number of anilines is 1. The van der Waals surface area contributed by atoms with Crippen LogP contribution in [0.15, 0.2) is 59.8 Å². The van der Waals surface area contributed by atoms with E-state index in [9.17, 15) is 14.4 Å². The first-order chi connectivity index (χ1) is 15.3. The SMILES string of the molecule is COC(=O)c1ccc([C@H]2NC(=O)N(c3ccc(C#N)cc3)C(C)=C2C(=O)OC(C)C)cc1. The molecule has 0 aromatic heterocycles. The highest BCUT2D eigenvalue weighted by Crippen LogP contribution is 2.34. The van der Waals surface area contributed by atoms with Gasteiger partial charge in [0, 0.05) is 5.70 Å². The van der Waals surface area contributed by atoms with Crippen molar-refractivity contribution in [3.8, 4) is 6.07 Å². The molecule has 0 saturated carbocycles. The number of ether oxygens (including phenoxy) is 2. The molecular formula is C24H23N3O5. The van der Waals surface area contributed by atoms with Crippen LogP contribution >= 0.6 is 0 Å². The van der Waals surface area contributed by atoms with Crippen LogP contribution in [0.5, 0.6) is 0 Å². The number of esters is 2. The van der Waals surface area contributed by atoms with Crippen molar-refractivity contribution in [2.24, 2.45) is 0 Å². The highest BCUT2D eigenvalue weighted by atomic mass is 16.5. The Bertz CT molecular complexity index is 1110. The molecule has 8 heteroatoms. The van der Waals surface area contributed by atoms with Gasteiger partial charge in [-0.2, -0.15) is 5.26 Å². The largest absolute Gasteiger partial charge is 0.465 e. The van der Waals surface area contributed by atoms with Gasteiger partial charge in [0.2, 0.25) is 0 Å². The third-order valence-electron chi connectivity index (χ3n) is 4.97. The molecule has 1 atom stereocenters. The highest BCUT2D eigenvalue weighted by molar-refractivity contribution is 6.03. The molecule has 1 heterocycles. The van der Waals surface area contributed by atoms with E-state index in [0.29, 0.717) is 28.1 Å². The summed E-state index contributed by atoms with van der Waals surface area (Å²) in [5.41, 5.74) is 2.61. The van der Waals surface area contributed by atoms with Crippen LogP contribution in [0.3, 0.4) is 0 Å². The van der Waals surface area contributed by atoms with Crippen molar-refractivity contribution in [1.29, 1.82) is 5.26 Å². The lowest BCUT2D eigenvalue weighted by Gasteiger charge is -2.35. The summed E-state index contributed by atoms with van der Waals surface area (Å²) in [4.78, 5) is 39.2. The Morgan fingerprint density at radius 1 is 1.06 bits per heavy atom. The average Bonchev–Trinajstić information content (AvgIpc) is 2.78. The van der Waals surface area contributed by atoms with Crippen molar-refractivity contribution in [2.45, 2.75) is 32.9 Å². The minimum absolute atomic E-state index is 0.272. The van der Waals surface area contributed by atoms with Gasteiger partial charge < -0.3 is 14.8 Å². The molecule has 2 aromatic carbocycles. The van der Waals surface area contributed by atoms with Crippen molar-refractivity contribution >= 4 is 23.7 Å². The van der Waals surface area contributed by atoms with Crippen molar-refractivity contribution in [3.05, 3.63) is 76.5 Å². The number of hydrogen-bond donors (Lipinski definition) is 1. The van der Waals surface area contributed by atoms with Gasteiger partial charge in [0.05, 0.1) is 47.7 Å². The second kappa shape index (κ2) is 9.35. The normalized spacial score (nSPS) is 15.8. The smallest absolute Gasteiger partial charge is 0.338 e. The number of methoxy groups -OCH3 is 1. The van der Waals surface area contributed by atoms with Gasteiger partial charge in [0.15, 0.2) is 0 Å². The summed E-state index contributed by atoms with van der Waals surface area (Å²) in [5, 5.41) is 11.9. The molecule has 0 saturated heterocycles. The molecule has 2 amide bonds. The summed E-state index contributed by atoms with van der Waals surface area (Å²) >= 11 is 0. The molecule has 32 heavy (non-hydrogen) atoms. The Hall–Kier alpha value is -4.12. The molecule has 0 unspecified atom stereocenters. The first-order valence-electron chi connectivity index (χ1n) is 9.97. The van der Waals surface area contributed by atoms with Gasteiger partial charge >= 0.3 is 18.0 Å². The number of allylic oxidation sites excluding steroid dienone is 1. The van der Waals surface area contributed by atoms with Gasteiger partial charge in [0.1, 0.15) is 0 Å². The average molecular weight is 433 g/mol. The van der Waals surface area contributed by atoms with Crippen molar-refractivity contribution in [1.82, 2.24) is 5.32 Å². The fourth-order valence-corrected chi connectivity index (χ4v) is 3.46. The molecule has 3 rings (SSSR count). The predicted octanol–water partition coefficient (Wildman–Crippen LogP) is 3.84. The number of rotatable bonds is 5. The van der Waals surface area contributed by atoms with Gasteiger partial charge in [-0.25, -0.2) is 14.4 Å². The fraction of sp³-hybridized carbons (Fsp3) is 0.250. The molecule has 8 nitrogen and oxygen atoms in total. The number of hydrogen-bond acceptors (Lipinski definition) is 6. The fourth-order valence-electron chi connectivity index (χ4n) is 3.46. The Balaban J connectivity index is 2.08. The highest BCUT2D eigenvalue weighted by Gasteiger charge is 2.37. The number of nitriles is 1. The third kappa shape index (κ3) is 4.47. The zero-order valence-corrected chi connectivity index (χ0v) is 18.2. The van der Waals surface area contributed by atoms with Crippen LogP contribution in [0, 0.1) is 11.3 Å². The van der Waals surface area contributed by atoms with Gasteiger partial charge in [-0.15, -0.1) is 0 Å². The summed E-state index contributed by atoms with van der Waals surface area (Å²) in [7, 11) is 1.29. The lowest BCUT2D eigenvalue weighted by atomic mass is 9.94. The summed E-state index contributed by atoms with van der Waals surface area (Å²) in [6, 6.07) is 13.8. The van der Waals surface area contributed by atoms with E-state index >= 15 is 0 Å². The molecule has 0 spiro atoms. The quantitative estimate of drug-likeness (QED) is 0.718. The second-order valence-electron chi connectivity index (χ2n) is 7.44. The monoisotopic (exact) mass is 433 g/mol. The van der Waals surface area contributed by atoms with Crippen LogP contribution in [0.2, 0.25) is 0 Å². The molecule has 0 fully saturated rings. The number of nitrogens with one attached hydrogen (secondary N) is 1. The van der Waals surface area contributed by atoms with Gasteiger partial charge in [-0.3, -0.25) is 4.90 Å². The minimum Gasteiger partial charge on any atom is -0.465 e. The molecule has 0 aliphatic carbocycles. The van der Waals surface area contributed by atoms with E-state index in [1.165, 1.54) is 12.0 Å². The molecule has 0 bridgehead atoms. The van der Waals surface area contributed by atoms with Crippen molar-refractivity contribution < 1.29 is 23.9 Å². The zero-order valence-electron chi connectivity index (χ0n) is 18.2. The minimum atomic E-state index is -0.768. The van der Waals surface area contributed by atoms with Crippen molar-refractivity contribution in [2.75, 3.05) is 12.0 Å². The summed E-state index contributed by atoms with van der Waals surface area (Å²) in [6.45, 7) is 5.16. The maximum Gasteiger partial charge on any atom is 0.338 e. The lowest BCUT2D eigenvalue weighted by molar-refractivity contribution is -0.143. The maximum absolute atomic E-state index is 13.0. The van der Waals surface area contributed by atoms with E-state index < -0.39 is 24.0 Å². The molecule has 1 aliphatic rings. The summed E-state index contributed by atoms with van der Waals surface area (Å²) < 4.78 is 10.2. The Morgan fingerprint density at radius 3 is 2.22 bits per heavy atom. The zero-order chi connectivity index (χ0) is 23.4. The number of carbonyl (C=O) groups is 3. The van der Waals surface area contributed by atoms with Crippen LogP contribution in [-0.4, -0.2) is 31.2 Å². The summed E-state index contributed by atoms with van der Waals surface area (Å²) in [6.07, 6.45) is -0.355. The predicted molar refractivity (Wildman–Crippen MR) is 117 cm³/mol. The number of carbonyl (C=O) groups excluding carboxylic acids is 3. The van der Waals surface area contributed by atoms with Crippen LogP contribution in [0.1, 0.15) is 48.3 Å². The van der Waals surface area contributed by atoms with Crippen LogP contribution in [0.4, 0.5) is 10.5 Å². The maximum atomic E-state index is 13.0.